The Hall–Kier alpha value is -1.60. The monoisotopic (exact) mass is 294 g/mol. The molecule has 1 aliphatic rings. The number of fused-ring (bicyclic) bond motifs is 1. The molecule has 2 heterocycles. The minimum atomic E-state index is -0.909. The lowest BCUT2D eigenvalue weighted by Crippen LogP contribution is -2.24. The minimum absolute atomic E-state index is 0.0899. The topological polar surface area (TPSA) is 82.8 Å². The summed E-state index contributed by atoms with van der Waals surface area (Å²) in [5, 5.41) is 19.8. The first kappa shape index (κ1) is 12.4. The summed E-state index contributed by atoms with van der Waals surface area (Å²) in [5.41, 5.74) is 0.785. The fourth-order valence-electron chi connectivity index (χ4n) is 1.87. The smallest absolute Gasteiger partial charge is 0.329 e. The number of phenols is 1. The van der Waals surface area contributed by atoms with Crippen LogP contribution < -0.4 is 0 Å². The summed E-state index contributed by atoms with van der Waals surface area (Å²) in [4.78, 5) is 19.7. The number of carbonyl (C=O) groups is 1. The molecule has 0 saturated heterocycles. The molecule has 0 aliphatic carbocycles. The number of nitrogens with zero attached hydrogens (tertiary/aromatic N) is 2. The van der Waals surface area contributed by atoms with Gasteiger partial charge in [0.15, 0.2) is 6.04 Å². The number of rotatable bonds is 2. The zero-order chi connectivity index (χ0) is 13.6. The van der Waals surface area contributed by atoms with Crippen LogP contribution in [0.1, 0.15) is 11.9 Å². The minimum Gasteiger partial charge on any atom is -0.508 e. The van der Waals surface area contributed by atoms with E-state index in [1.54, 1.807) is 18.2 Å². The van der Waals surface area contributed by atoms with E-state index in [9.17, 15) is 9.90 Å². The number of thiazole rings is 1. The second-order valence-corrected chi connectivity index (χ2v) is 6.61. The SMILES string of the molecule is CC1SC(c2nc3ccc(O)cc3s2)=N[C@H]1C(=O)O. The van der Waals surface area contributed by atoms with Gasteiger partial charge in [-0.05, 0) is 18.2 Å². The van der Waals surface area contributed by atoms with Crippen molar-refractivity contribution in [2.45, 2.75) is 18.2 Å². The van der Waals surface area contributed by atoms with E-state index in [-0.39, 0.29) is 11.0 Å². The van der Waals surface area contributed by atoms with Crippen LogP contribution >= 0.6 is 23.1 Å². The van der Waals surface area contributed by atoms with Gasteiger partial charge >= 0.3 is 5.97 Å². The van der Waals surface area contributed by atoms with Gasteiger partial charge in [0.1, 0.15) is 15.8 Å². The molecule has 7 heteroatoms. The van der Waals surface area contributed by atoms with Crippen molar-refractivity contribution >= 4 is 44.3 Å². The number of carboxylic acid groups (broad SMARTS) is 1. The molecule has 0 saturated carbocycles. The highest BCUT2D eigenvalue weighted by atomic mass is 32.2. The van der Waals surface area contributed by atoms with Crippen molar-refractivity contribution < 1.29 is 15.0 Å². The number of thioether (sulfide) groups is 1. The molecule has 98 valence electrons. The lowest BCUT2D eigenvalue weighted by molar-refractivity contribution is -0.138. The quantitative estimate of drug-likeness (QED) is 0.888. The third kappa shape index (κ3) is 2.19. The Kier molecular flexibility index (Phi) is 2.94. The normalized spacial score (nSPS) is 22.7. The Bertz CT molecular complexity index is 695. The summed E-state index contributed by atoms with van der Waals surface area (Å²) in [6, 6.07) is 4.26. The number of phenolic OH excluding ortho intramolecular Hbond substituents is 1. The van der Waals surface area contributed by atoms with Crippen molar-refractivity contribution in [3.05, 3.63) is 23.2 Å². The molecular weight excluding hydrogens is 284 g/mol. The van der Waals surface area contributed by atoms with Crippen LogP contribution in [0, 0.1) is 0 Å². The number of aromatic nitrogens is 1. The number of hydrogen-bond donors (Lipinski definition) is 2. The third-order valence-corrected chi connectivity index (χ3v) is 5.11. The highest BCUT2D eigenvalue weighted by Crippen LogP contribution is 2.34. The standard InChI is InChI=1S/C12H10N2O3S2/c1-5-9(12(16)17)14-11(18-5)10-13-7-3-2-6(15)4-8(7)19-10/h2-5,9,15H,1H3,(H,16,17)/t5?,9-/m1/s1. The molecule has 1 aromatic heterocycles. The summed E-state index contributed by atoms with van der Waals surface area (Å²) < 4.78 is 0.865. The maximum absolute atomic E-state index is 11.0. The van der Waals surface area contributed by atoms with Gasteiger partial charge in [0.2, 0.25) is 0 Å². The van der Waals surface area contributed by atoms with Gasteiger partial charge in [-0.2, -0.15) is 0 Å². The van der Waals surface area contributed by atoms with E-state index in [4.69, 9.17) is 5.11 Å². The van der Waals surface area contributed by atoms with Gasteiger partial charge in [0.25, 0.3) is 0 Å². The molecule has 2 N–H and O–H groups in total. The van der Waals surface area contributed by atoms with Crippen LogP contribution in [0.15, 0.2) is 23.2 Å². The van der Waals surface area contributed by atoms with Crippen LogP contribution in [-0.4, -0.2) is 37.5 Å². The third-order valence-electron chi connectivity index (χ3n) is 2.81. The van der Waals surface area contributed by atoms with Gasteiger partial charge < -0.3 is 10.2 Å². The Morgan fingerprint density at radius 3 is 2.89 bits per heavy atom. The van der Waals surface area contributed by atoms with E-state index < -0.39 is 12.0 Å². The molecule has 3 rings (SSSR count). The van der Waals surface area contributed by atoms with Gasteiger partial charge in [-0.3, -0.25) is 4.99 Å². The number of aromatic hydroxyl groups is 1. The van der Waals surface area contributed by atoms with E-state index in [2.05, 4.69) is 9.98 Å². The Labute approximate surface area is 117 Å². The van der Waals surface area contributed by atoms with Crippen LogP contribution in [-0.2, 0) is 4.79 Å². The average molecular weight is 294 g/mol. The van der Waals surface area contributed by atoms with E-state index in [1.807, 2.05) is 6.92 Å². The lowest BCUT2D eigenvalue weighted by atomic mass is 10.2. The molecule has 19 heavy (non-hydrogen) atoms. The summed E-state index contributed by atoms with van der Waals surface area (Å²) in [5.74, 6) is -0.714. The number of hydrogen-bond acceptors (Lipinski definition) is 6. The van der Waals surface area contributed by atoms with Crippen LogP contribution in [0.3, 0.4) is 0 Å². The van der Waals surface area contributed by atoms with Crippen LogP contribution in [0.2, 0.25) is 0 Å². The van der Waals surface area contributed by atoms with E-state index >= 15 is 0 Å². The van der Waals surface area contributed by atoms with Gasteiger partial charge in [0, 0.05) is 5.25 Å². The van der Waals surface area contributed by atoms with E-state index in [1.165, 1.54) is 23.1 Å². The van der Waals surface area contributed by atoms with Gasteiger partial charge in [-0.25, -0.2) is 9.78 Å². The highest BCUT2D eigenvalue weighted by Gasteiger charge is 2.33. The van der Waals surface area contributed by atoms with Gasteiger partial charge in [0.05, 0.1) is 10.2 Å². The van der Waals surface area contributed by atoms with Gasteiger partial charge in [-0.1, -0.05) is 18.7 Å². The van der Waals surface area contributed by atoms with Crippen molar-refractivity contribution in [1.29, 1.82) is 0 Å². The van der Waals surface area contributed by atoms with Crippen molar-refractivity contribution in [3.8, 4) is 5.75 Å². The lowest BCUT2D eigenvalue weighted by Gasteiger charge is -2.04. The van der Waals surface area contributed by atoms with Gasteiger partial charge in [-0.15, -0.1) is 11.3 Å². The first-order valence-electron chi connectivity index (χ1n) is 5.62. The number of carboxylic acids is 1. The van der Waals surface area contributed by atoms with Crippen molar-refractivity contribution in [2.24, 2.45) is 4.99 Å². The predicted octanol–water partition coefficient (Wildman–Crippen LogP) is 2.34. The van der Waals surface area contributed by atoms with Crippen LogP contribution in [0.25, 0.3) is 10.2 Å². The van der Waals surface area contributed by atoms with E-state index in [0.717, 1.165) is 10.2 Å². The Morgan fingerprint density at radius 2 is 2.21 bits per heavy atom. The summed E-state index contributed by atoms with van der Waals surface area (Å²) in [6.45, 7) is 1.85. The molecule has 0 radical (unpaired) electrons. The second-order valence-electron chi connectivity index (χ2n) is 4.21. The fraction of sp³-hybridized carbons (Fsp3) is 0.250. The summed E-state index contributed by atoms with van der Waals surface area (Å²) in [6.07, 6.45) is 0. The average Bonchev–Trinajstić information content (AvgIpc) is 2.91. The number of aliphatic imine (C=N–C) groups is 1. The maximum atomic E-state index is 11.0. The maximum Gasteiger partial charge on any atom is 0.329 e. The van der Waals surface area contributed by atoms with Crippen molar-refractivity contribution in [3.63, 3.8) is 0 Å². The van der Waals surface area contributed by atoms with Crippen molar-refractivity contribution in [1.82, 2.24) is 4.98 Å². The summed E-state index contributed by atoms with van der Waals surface area (Å²) in [7, 11) is 0. The zero-order valence-electron chi connectivity index (χ0n) is 9.90. The molecule has 1 aliphatic heterocycles. The van der Waals surface area contributed by atoms with Crippen molar-refractivity contribution in [2.75, 3.05) is 0 Å². The van der Waals surface area contributed by atoms with Crippen LogP contribution in [0.5, 0.6) is 5.75 Å². The molecule has 2 atom stereocenters. The van der Waals surface area contributed by atoms with E-state index in [0.29, 0.717) is 10.1 Å². The molecule has 1 unspecified atom stereocenters. The molecular formula is C12H10N2O3S2. The summed E-state index contributed by atoms with van der Waals surface area (Å²) >= 11 is 2.84. The van der Waals surface area contributed by atoms with Crippen LogP contribution in [0.4, 0.5) is 0 Å². The Morgan fingerprint density at radius 1 is 1.42 bits per heavy atom. The number of benzene rings is 1. The number of aliphatic carboxylic acids is 1. The second kappa shape index (κ2) is 4.50. The highest BCUT2D eigenvalue weighted by molar-refractivity contribution is 8.15. The molecule has 1 aromatic carbocycles. The Balaban J connectivity index is 2.01. The zero-order valence-corrected chi connectivity index (χ0v) is 11.5. The largest absolute Gasteiger partial charge is 0.508 e. The predicted molar refractivity (Wildman–Crippen MR) is 76.3 cm³/mol. The first-order valence-corrected chi connectivity index (χ1v) is 7.31. The molecule has 5 nitrogen and oxygen atoms in total. The molecule has 0 fully saturated rings. The molecule has 2 aromatic rings. The first-order chi connectivity index (χ1) is 9.04. The molecule has 0 bridgehead atoms. The fourth-order valence-corrected chi connectivity index (χ4v) is 4.01. The molecule has 0 spiro atoms. The molecule has 0 amide bonds.